The molecule has 2 aliphatic heterocycles. The van der Waals surface area contributed by atoms with Gasteiger partial charge in [0.15, 0.2) is 5.65 Å². The van der Waals surface area contributed by atoms with Gasteiger partial charge < -0.3 is 14.7 Å². The van der Waals surface area contributed by atoms with E-state index in [1.807, 2.05) is 29.2 Å². The van der Waals surface area contributed by atoms with Crippen LogP contribution in [0.3, 0.4) is 0 Å². The second-order valence-corrected chi connectivity index (χ2v) is 9.97. The third-order valence-corrected chi connectivity index (χ3v) is 8.07. The van der Waals surface area contributed by atoms with Crippen molar-refractivity contribution in [2.75, 3.05) is 6.61 Å². The van der Waals surface area contributed by atoms with Crippen LogP contribution in [0, 0.1) is 0 Å². The van der Waals surface area contributed by atoms with Gasteiger partial charge in [-0.3, -0.25) is 0 Å². The molecule has 7 heteroatoms. The molecule has 1 aliphatic carbocycles. The molecule has 35 heavy (non-hydrogen) atoms. The highest BCUT2D eigenvalue weighted by molar-refractivity contribution is 5.79. The molecule has 176 valence electrons. The quantitative estimate of drug-likeness (QED) is 0.481. The van der Waals surface area contributed by atoms with Gasteiger partial charge in [-0.1, -0.05) is 48.5 Å². The van der Waals surface area contributed by atoms with Gasteiger partial charge in [0.2, 0.25) is 0 Å². The Morgan fingerprint density at radius 1 is 0.971 bits per heavy atom. The summed E-state index contributed by atoms with van der Waals surface area (Å²) in [4.78, 5) is 19.6. The van der Waals surface area contributed by atoms with Crippen molar-refractivity contribution in [3.05, 3.63) is 89.9 Å². The third kappa shape index (κ3) is 3.11. The average molecular weight is 467 g/mol. The van der Waals surface area contributed by atoms with Gasteiger partial charge in [0.05, 0.1) is 11.9 Å². The van der Waals surface area contributed by atoms with Crippen LogP contribution >= 0.6 is 0 Å². The predicted octanol–water partition coefficient (Wildman–Crippen LogP) is 4.49. The normalized spacial score (nSPS) is 25.0. The van der Waals surface area contributed by atoms with Gasteiger partial charge in [0.25, 0.3) is 0 Å². The molecule has 2 bridgehead atoms. The number of benzene rings is 2. The maximum absolute atomic E-state index is 13.3. The first-order chi connectivity index (χ1) is 17.1. The lowest BCUT2D eigenvalue weighted by atomic mass is 9.84. The fourth-order valence-corrected chi connectivity index (χ4v) is 6.55. The van der Waals surface area contributed by atoms with E-state index >= 15 is 0 Å². The van der Waals surface area contributed by atoms with Crippen molar-refractivity contribution in [1.29, 1.82) is 0 Å². The zero-order chi connectivity index (χ0) is 23.6. The summed E-state index contributed by atoms with van der Waals surface area (Å²) in [6, 6.07) is 20.3. The minimum absolute atomic E-state index is 0.0370. The van der Waals surface area contributed by atoms with Gasteiger partial charge in [-0.2, -0.15) is 5.10 Å². The molecule has 3 aliphatic rings. The Hall–Kier alpha value is -3.71. The maximum Gasteiger partial charge on any atom is 0.410 e. The predicted molar refractivity (Wildman–Crippen MR) is 130 cm³/mol. The molecule has 7 nitrogen and oxygen atoms in total. The zero-order valence-electron chi connectivity index (χ0n) is 19.2. The lowest BCUT2D eigenvalue weighted by Gasteiger charge is -2.42. The largest absolute Gasteiger partial charge is 0.448 e. The summed E-state index contributed by atoms with van der Waals surface area (Å²) in [5, 5.41) is 16.0. The fourth-order valence-electron chi connectivity index (χ4n) is 6.55. The van der Waals surface area contributed by atoms with Crippen molar-refractivity contribution < 1.29 is 14.6 Å². The van der Waals surface area contributed by atoms with Crippen LogP contribution in [0.25, 0.3) is 16.8 Å². The molecule has 2 aromatic carbocycles. The molecule has 0 spiro atoms. The summed E-state index contributed by atoms with van der Waals surface area (Å²) in [5.41, 5.74) is 5.18. The topological polar surface area (TPSA) is 80.0 Å². The summed E-state index contributed by atoms with van der Waals surface area (Å²) in [6.45, 7) is 0.310. The highest BCUT2D eigenvalue weighted by Gasteiger charge is 2.52. The van der Waals surface area contributed by atoms with Gasteiger partial charge in [-0.25, -0.2) is 14.3 Å². The Kier molecular flexibility index (Phi) is 4.51. The second-order valence-electron chi connectivity index (χ2n) is 9.97. The number of ether oxygens (including phenoxy) is 1. The number of carbonyl (C=O) groups excluding carboxylic acids is 1. The molecule has 7 rings (SSSR count). The van der Waals surface area contributed by atoms with Crippen LogP contribution < -0.4 is 0 Å². The summed E-state index contributed by atoms with van der Waals surface area (Å²) in [5.74, 6) is 0.0370. The van der Waals surface area contributed by atoms with E-state index in [1.165, 1.54) is 22.3 Å². The summed E-state index contributed by atoms with van der Waals surface area (Å²) >= 11 is 0. The van der Waals surface area contributed by atoms with E-state index in [9.17, 15) is 9.90 Å². The number of rotatable bonds is 3. The Morgan fingerprint density at radius 2 is 1.63 bits per heavy atom. The van der Waals surface area contributed by atoms with Crippen LogP contribution in [0.15, 0.2) is 73.1 Å². The Morgan fingerprint density at radius 3 is 2.31 bits per heavy atom. The first-order valence-electron chi connectivity index (χ1n) is 12.3. The highest BCUT2D eigenvalue weighted by Crippen LogP contribution is 2.47. The fraction of sp³-hybridized carbons (Fsp3) is 0.321. The number of nitrogens with zero attached hydrogens (tertiary/aromatic N) is 4. The SMILES string of the molecule is O=C(OCC1c2ccccc2-c2ccccc21)N1C2CCC1CC(O)(c1cnc3cccnn13)C2. The number of aliphatic hydroxyl groups is 1. The van der Waals surface area contributed by atoms with E-state index in [2.05, 4.69) is 46.5 Å². The van der Waals surface area contributed by atoms with Crippen LogP contribution in [0.2, 0.25) is 0 Å². The summed E-state index contributed by atoms with van der Waals surface area (Å²) in [6.07, 6.45) is 5.77. The van der Waals surface area contributed by atoms with Crippen LogP contribution in [0.5, 0.6) is 0 Å². The lowest BCUT2D eigenvalue weighted by Crippen LogP contribution is -2.52. The smallest absolute Gasteiger partial charge is 0.410 e. The van der Waals surface area contributed by atoms with Gasteiger partial charge in [-0.15, -0.1) is 0 Å². The number of piperidine rings is 1. The number of carbonyl (C=O) groups is 1. The standard InChI is InChI=1S/C28H26N4O3/c33-27(35-17-24-22-8-3-1-6-20(22)21-7-2-4-9-23(21)24)31-18-11-12-19(31)15-28(34,14-18)25-16-29-26-10-5-13-30-32(25)26/h1-10,13,16,18-19,24,34H,11-12,14-15,17H2. The molecule has 2 aromatic heterocycles. The molecule has 2 unspecified atom stereocenters. The van der Waals surface area contributed by atoms with Crippen LogP contribution in [-0.2, 0) is 10.3 Å². The van der Waals surface area contributed by atoms with Gasteiger partial charge in [0, 0.05) is 37.0 Å². The molecular formula is C28H26N4O3. The van der Waals surface area contributed by atoms with E-state index in [1.54, 1.807) is 16.9 Å². The summed E-state index contributed by atoms with van der Waals surface area (Å²) in [7, 11) is 0. The minimum Gasteiger partial charge on any atom is -0.448 e. The van der Waals surface area contributed by atoms with Crippen molar-refractivity contribution in [2.45, 2.75) is 49.3 Å². The lowest BCUT2D eigenvalue weighted by molar-refractivity contribution is -0.0569. The highest BCUT2D eigenvalue weighted by atomic mass is 16.6. The Bertz CT molecular complexity index is 1390. The van der Waals surface area contributed by atoms with Crippen molar-refractivity contribution in [3.8, 4) is 11.1 Å². The molecule has 2 saturated heterocycles. The Balaban J connectivity index is 1.10. The van der Waals surface area contributed by atoms with Crippen molar-refractivity contribution in [1.82, 2.24) is 19.5 Å². The minimum atomic E-state index is -1.07. The molecule has 1 N–H and O–H groups in total. The number of imidazole rings is 1. The molecule has 0 radical (unpaired) electrons. The van der Waals surface area contributed by atoms with Crippen molar-refractivity contribution >= 4 is 11.7 Å². The monoisotopic (exact) mass is 466 g/mol. The number of hydrogen-bond donors (Lipinski definition) is 1. The maximum atomic E-state index is 13.3. The first-order valence-corrected chi connectivity index (χ1v) is 12.3. The van der Waals surface area contributed by atoms with Gasteiger partial charge >= 0.3 is 6.09 Å². The molecule has 4 aromatic rings. The first kappa shape index (κ1) is 20.6. The molecule has 2 atom stereocenters. The molecular weight excluding hydrogens is 440 g/mol. The van der Waals surface area contributed by atoms with Crippen molar-refractivity contribution in [3.63, 3.8) is 0 Å². The third-order valence-electron chi connectivity index (χ3n) is 8.07. The number of fused-ring (bicyclic) bond motifs is 6. The number of amides is 1. The molecule has 2 fully saturated rings. The van der Waals surface area contributed by atoms with Crippen LogP contribution in [0.1, 0.15) is 48.4 Å². The molecule has 1 amide bonds. The molecule has 0 saturated carbocycles. The van der Waals surface area contributed by atoms with Gasteiger partial charge in [0.1, 0.15) is 12.2 Å². The van der Waals surface area contributed by atoms with Crippen LogP contribution in [-0.4, -0.2) is 49.4 Å². The zero-order valence-corrected chi connectivity index (χ0v) is 19.2. The van der Waals surface area contributed by atoms with Gasteiger partial charge in [-0.05, 0) is 47.2 Å². The second kappa shape index (κ2) is 7.65. The average Bonchev–Trinajstić information content (AvgIpc) is 3.54. The van der Waals surface area contributed by atoms with Crippen LogP contribution in [0.4, 0.5) is 4.79 Å². The van der Waals surface area contributed by atoms with E-state index in [0.717, 1.165) is 12.8 Å². The Labute approximate surface area is 203 Å². The van der Waals surface area contributed by atoms with E-state index in [0.29, 0.717) is 30.8 Å². The van der Waals surface area contributed by atoms with E-state index < -0.39 is 5.60 Å². The molecule has 4 heterocycles. The van der Waals surface area contributed by atoms with E-state index in [-0.39, 0.29) is 24.1 Å². The van der Waals surface area contributed by atoms with Crippen molar-refractivity contribution in [2.24, 2.45) is 0 Å². The number of aromatic nitrogens is 3. The summed E-state index contributed by atoms with van der Waals surface area (Å²) < 4.78 is 7.68. The number of hydrogen-bond acceptors (Lipinski definition) is 5. The van der Waals surface area contributed by atoms with E-state index in [4.69, 9.17) is 4.74 Å².